The van der Waals surface area contributed by atoms with Crippen molar-refractivity contribution in [2.75, 3.05) is 19.6 Å². The van der Waals surface area contributed by atoms with Crippen molar-refractivity contribution in [3.05, 3.63) is 82.4 Å². The number of amides is 1. The topological polar surface area (TPSA) is 246 Å². The number of ketones is 1. The highest BCUT2D eigenvalue weighted by atomic mass is 32.2. The van der Waals surface area contributed by atoms with Gasteiger partial charge >= 0.3 is 0 Å². The van der Waals surface area contributed by atoms with Gasteiger partial charge in [-0.05, 0) is 47.7 Å². The van der Waals surface area contributed by atoms with Crippen molar-refractivity contribution in [3.63, 3.8) is 0 Å². The standard InChI is InChI=1S/C27H30N6O6S.H2O3S/c28-27(29)32-13-5-6-18(17-32)16-30-26(35)23(15-25(34)22-9-3-4-10-24(22)33(36)37)31-40(38,39)21-12-11-19-7-1-2-8-20(19)14-21;1-4(2)3/h1-4,7-12,14,18,23,31H,5-6,13,15-17H2,(H3,28,29)(H,30,35);(H2,1,2,3). The number of Topliss-reactive ketones (excluding diaryl/α,β-unsaturated/α-hetero) is 1. The van der Waals surface area contributed by atoms with Crippen molar-refractivity contribution in [1.82, 2.24) is 14.9 Å². The zero-order chi connectivity index (χ0) is 32.4. The maximum Gasteiger partial charge on any atom is 0.299 e. The lowest BCUT2D eigenvalue weighted by Gasteiger charge is -2.33. The number of carbonyl (C=O) groups excluding carboxylic acids is 2. The summed E-state index contributed by atoms with van der Waals surface area (Å²) in [6.45, 7) is 1.27. The number of hydrogen-bond donors (Lipinski definition) is 6. The van der Waals surface area contributed by atoms with Crippen LogP contribution in [0.3, 0.4) is 0 Å². The van der Waals surface area contributed by atoms with Crippen LogP contribution >= 0.6 is 0 Å². The van der Waals surface area contributed by atoms with Gasteiger partial charge in [0.1, 0.15) is 6.04 Å². The molecule has 3 aromatic rings. The molecule has 0 bridgehead atoms. The molecular weight excluding hydrogens is 616 g/mol. The minimum absolute atomic E-state index is 0.0368. The molecule has 1 aliphatic rings. The number of para-hydroxylation sites is 1. The highest BCUT2D eigenvalue weighted by Crippen LogP contribution is 2.22. The normalized spacial score (nSPS) is 15.6. The van der Waals surface area contributed by atoms with Crippen LogP contribution in [0.1, 0.15) is 29.6 Å². The lowest BCUT2D eigenvalue weighted by molar-refractivity contribution is -0.385. The summed E-state index contributed by atoms with van der Waals surface area (Å²) in [5, 5.41) is 23.3. The van der Waals surface area contributed by atoms with Gasteiger partial charge in [-0.2, -0.15) is 8.93 Å². The number of benzene rings is 3. The number of nitrogens with zero attached hydrogens (tertiary/aromatic N) is 2. The molecule has 0 aromatic heterocycles. The number of rotatable bonds is 10. The van der Waals surface area contributed by atoms with E-state index >= 15 is 0 Å². The number of hydrogen-bond acceptors (Lipinski definition) is 8. The van der Waals surface area contributed by atoms with Gasteiger partial charge in [0.25, 0.3) is 17.0 Å². The SMILES string of the molecule is N=C(N)N1CCCC(CNC(=O)C(CC(=O)c2ccccc2[N+](=O)[O-])NS(=O)(=O)c2ccc3ccccc3c2)C1.O=S(O)O. The first-order valence-electron chi connectivity index (χ1n) is 13.2. The van der Waals surface area contributed by atoms with Crippen molar-refractivity contribution in [1.29, 1.82) is 5.41 Å². The molecule has 1 heterocycles. The van der Waals surface area contributed by atoms with Gasteiger partial charge in [0, 0.05) is 32.1 Å². The van der Waals surface area contributed by atoms with Crippen LogP contribution in [0, 0.1) is 21.4 Å². The molecule has 1 fully saturated rings. The highest BCUT2D eigenvalue weighted by Gasteiger charge is 2.31. The lowest BCUT2D eigenvalue weighted by Crippen LogP contribution is -2.50. The molecule has 0 aliphatic carbocycles. The summed E-state index contributed by atoms with van der Waals surface area (Å²) in [6, 6.07) is 15.5. The number of nitro groups is 1. The number of guanidine groups is 1. The van der Waals surface area contributed by atoms with Crippen LogP contribution in [0.5, 0.6) is 0 Å². The fraction of sp³-hybridized carbons (Fsp3) is 0.296. The zero-order valence-corrected chi connectivity index (χ0v) is 24.9. The molecule has 1 saturated heterocycles. The number of nitro benzene ring substituents is 1. The van der Waals surface area contributed by atoms with Crippen LogP contribution in [0.15, 0.2) is 71.6 Å². The van der Waals surface area contributed by atoms with Gasteiger partial charge in [0.2, 0.25) is 15.9 Å². The van der Waals surface area contributed by atoms with E-state index in [9.17, 15) is 28.1 Å². The van der Waals surface area contributed by atoms with Gasteiger partial charge in [-0.25, -0.2) is 8.42 Å². The van der Waals surface area contributed by atoms with E-state index in [4.69, 9.17) is 24.5 Å². The molecule has 1 amide bonds. The minimum atomic E-state index is -4.26. The quantitative estimate of drug-likeness (QED) is 0.0464. The number of fused-ring (bicyclic) bond motifs is 1. The monoisotopic (exact) mass is 648 g/mol. The average Bonchev–Trinajstić information content (AvgIpc) is 2.99. The third-order valence-electron chi connectivity index (χ3n) is 6.86. The molecule has 1 aliphatic heterocycles. The van der Waals surface area contributed by atoms with E-state index in [1.807, 2.05) is 12.1 Å². The molecule has 17 heteroatoms. The van der Waals surface area contributed by atoms with Crippen LogP contribution in [-0.2, 0) is 26.2 Å². The Morgan fingerprint density at radius 3 is 2.41 bits per heavy atom. The van der Waals surface area contributed by atoms with E-state index in [0.29, 0.717) is 18.5 Å². The molecular formula is C27H32N6O9S2. The second-order valence-electron chi connectivity index (χ2n) is 9.90. The molecule has 0 spiro atoms. The molecule has 44 heavy (non-hydrogen) atoms. The summed E-state index contributed by atoms with van der Waals surface area (Å²) in [7, 11) is -4.26. The third-order valence-corrected chi connectivity index (χ3v) is 8.33. The van der Waals surface area contributed by atoms with Gasteiger partial charge < -0.3 is 16.0 Å². The second kappa shape index (κ2) is 15.4. The number of piperidine rings is 1. The summed E-state index contributed by atoms with van der Waals surface area (Å²) in [6.07, 6.45) is 0.911. The molecule has 3 aromatic carbocycles. The van der Waals surface area contributed by atoms with E-state index in [1.165, 1.54) is 36.4 Å². The molecule has 15 nitrogen and oxygen atoms in total. The van der Waals surface area contributed by atoms with Gasteiger partial charge in [-0.3, -0.25) is 34.2 Å². The Labute approximate surface area is 255 Å². The average molecular weight is 649 g/mol. The maximum atomic E-state index is 13.4. The predicted molar refractivity (Wildman–Crippen MR) is 163 cm³/mol. The van der Waals surface area contributed by atoms with Crippen LogP contribution in [0.2, 0.25) is 0 Å². The Morgan fingerprint density at radius 1 is 1.11 bits per heavy atom. The van der Waals surface area contributed by atoms with E-state index < -0.39 is 56.1 Å². The van der Waals surface area contributed by atoms with E-state index in [0.717, 1.165) is 18.2 Å². The maximum absolute atomic E-state index is 13.4. The Kier molecular flexibility index (Phi) is 12.0. The summed E-state index contributed by atoms with van der Waals surface area (Å²) in [5.74, 6) is -1.59. The summed E-state index contributed by atoms with van der Waals surface area (Å²) < 4.78 is 51.9. The number of nitrogens with two attached hydrogens (primary N) is 1. The van der Waals surface area contributed by atoms with Crippen molar-refractivity contribution in [3.8, 4) is 0 Å². The zero-order valence-electron chi connectivity index (χ0n) is 23.3. The number of sulfonamides is 1. The number of carbonyl (C=O) groups is 2. The van der Waals surface area contributed by atoms with E-state index in [-0.39, 0.29) is 28.9 Å². The number of nitrogens with one attached hydrogen (secondary N) is 3. The van der Waals surface area contributed by atoms with E-state index in [2.05, 4.69) is 10.0 Å². The van der Waals surface area contributed by atoms with Crippen LogP contribution in [-0.4, -0.2) is 74.9 Å². The fourth-order valence-electron chi connectivity index (χ4n) is 4.76. The first-order chi connectivity index (χ1) is 20.8. The van der Waals surface area contributed by atoms with Crippen LogP contribution < -0.4 is 15.8 Å². The van der Waals surface area contributed by atoms with Crippen molar-refractivity contribution in [2.24, 2.45) is 11.7 Å². The van der Waals surface area contributed by atoms with Crippen molar-refractivity contribution >= 4 is 55.5 Å². The molecule has 2 unspecified atom stereocenters. The Morgan fingerprint density at radius 2 is 1.75 bits per heavy atom. The van der Waals surface area contributed by atoms with Crippen LogP contribution in [0.4, 0.5) is 5.69 Å². The Balaban J connectivity index is 0.00000124. The third kappa shape index (κ3) is 9.61. The minimum Gasteiger partial charge on any atom is -0.370 e. The van der Waals surface area contributed by atoms with Gasteiger partial charge in [-0.15, -0.1) is 0 Å². The van der Waals surface area contributed by atoms with Crippen LogP contribution in [0.25, 0.3) is 10.8 Å². The fourth-order valence-corrected chi connectivity index (χ4v) is 5.99. The molecule has 7 N–H and O–H groups in total. The molecule has 0 saturated carbocycles. The highest BCUT2D eigenvalue weighted by molar-refractivity contribution is 7.89. The molecule has 2 atom stereocenters. The summed E-state index contributed by atoms with van der Waals surface area (Å²) >= 11 is -2.61. The van der Waals surface area contributed by atoms with Gasteiger partial charge in [0.05, 0.1) is 15.4 Å². The van der Waals surface area contributed by atoms with E-state index in [1.54, 1.807) is 23.1 Å². The second-order valence-corrected chi connectivity index (χ2v) is 12.1. The van der Waals surface area contributed by atoms with Crippen molar-refractivity contribution < 1.29 is 36.2 Å². The van der Waals surface area contributed by atoms with Gasteiger partial charge in [-0.1, -0.05) is 42.5 Å². The Bertz CT molecular complexity index is 1660. The first-order valence-corrected chi connectivity index (χ1v) is 15.8. The first kappa shape index (κ1) is 34.2. The largest absolute Gasteiger partial charge is 0.370 e. The molecule has 0 radical (unpaired) electrons. The summed E-state index contributed by atoms with van der Waals surface area (Å²) in [4.78, 5) is 38.8. The van der Waals surface area contributed by atoms with Crippen molar-refractivity contribution in [2.45, 2.75) is 30.2 Å². The predicted octanol–water partition coefficient (Wildman–Crippen LogP) is 2.07. The smallest absolute Gasteiger partial charge is 0.299 e. The Hall–Kier alpha value is -4.29. The molecule has 236 valence electrons. The number of likely N-dealkylation sites (tertiary alicyclic amines) is 1. The molecule has 4 rings (SSSR count). The van der Waals surface area contributed by atoms with Gasteiger partial charge in [0.15, 0.2) is 11.7 Å². The lowest BCUT2D eigenvalue weighted by atomic mass is 9.97. The summed E-state index contributed by atoms with van der Waals surface area (Å²) in [5.41, 5.74) is 4.94.